The van der Waals surface area contributed by atoms with Gasteiger partial charge in [-0.15, -0.1) is 0 Å². The van der Waals surface area contributed by atoms with Crippen LogP contribution < -0.4 is 5.73 Å². The minimum atomic E-state index is -0.363. The molecule has 1 atom stereocenters. The molecule has 0 spiro atoms. The van der Waals surface area contributed by atoms with E-state index in [0.29, 0.717) is 25.3 Å². The molecule has 1 saturated heterocycles. The first-order chi connectivity index (χ1) is 8.58. The van der Waals surface area contributed by atoms with Crippen LogP contribution in [0.25, 0.3) is 0 Å². The first-order valence-electron chi connectivity index (χ1n) is 5.38. The summed E-state index contributed by atoms with van der Waals surface area (Å²) in [6, 6.07) is 1.74. The number of aromatic nitrogens is 1. The smallest absolute Gasteiger partial charge is 0.255 e. The summed E-state index contributed by atoms with van der Waals surface area (Å²) in [5.41, 5.74) is 6.08. The van der Waals surface area contributed by atoms with Gasteiger partial charge in [0.1, 0.15) is 11.1 Å². The van der Waals surface area contributed by atoms with Crippen LogP contribution in [-0.4, -0.2) is 46.6 Å². The van der Waals surface area contributed by atoms with Crippen molar-refractivity contribution < 1.29 is 9.53 Å². The van der Waals surface area contributed by atoms with E-state index in [4.69, 9.17) is 22.7 Å². The van der Waals surface area contributed by atoms with E-state index in [1.165, 1.54) is 0 Å². The van der Waals surface area contributed by atoms with Gasteiger partial charge in [0.15, 0.2) is 0 Å². The zero-order valence-corrected chi connectivity index (χ0v) is 11.9. The van der Waals surface area contributed by atoms with Gasteiger partial charge in [0.05, 0.1) is 18.7 Å². The van der Waals surface area contributed by atoms with Gasteiger partial charge in [-0.1, -0.05) is 12.2 Å². The lowest BCUT2D eigenvalue weighted by Gasteiger charge is -2.32. The zero-order valence-electron chi connectivity index (χ0n) is 9.51. The van der Waals surface area contributed by atoms with Gasteiger partial charge in [-0.3, -0.25) is 9.78 Å². The Morgan fingerprint density at radius 3 is 3.06 bits per heavy atom. The minimum Gasteiger partial charge on any atom is -0.391 e. The molecule has 18 heavy (non-hydrogen) atoms. The van der Waals surface area contributed by atoms with E-state index >= 15 is 0 Å². The van der Waals surface area contributed by atoms with Crippen molar-refractivity contribution in [1.29, 1.82) is 0 Å². The Labute approximate surface area is 118 Å². The van der Waals surface area contributed by atoms with Crippen LogP contribution in [0, 0.1) is 0 Å². The SMILES string of the molecule is NC(=S)C1CN(C(=O)c2cncc(Br)c2)CCO1. The van der Waals surface area contributed by atoms with Crippen LogP contribution >= 0.6 is 28.1 Å². The van der Waals surface area contributed by atoms with E-state index in [2.05, 4.69) is 20.9 Å². The second kappa shape index (κ2) is 5.73. The summed E-state index contributed by atoms with van der Waals surface area (Å²) in [6.07, 6.45) is 2.81. The number of nitrogens with two attached hydrogens (primary N) is 1. The maximum absolute atomic E-state index is 12.2. The highest BCUT2D eigenvalue weighted by molar-refractivity contribution is 9.10. The second-order valence-electron chi connectivity index (χ2n) is 3.90. The van der Waals surface area contributed by atoms with Crippen molar-refractivity contribution in [1.82, 2.24) is 9.88 Å². The van der Waals surface area contributed by atoms with E-state index in [0.717, 1.165) is 4.47 Å². The number of thiocarbonyl (C=S) groups is 1. The standard InChI is InChI=1S/C11H12BrN3O2S/c12-8-3-7(4-14-5-8)11(16)15-1-2-17-9(6-15)10(13)18/h3-5,9H,1-2,6H2,(H2,13,18). The third-order valence-corrected chi connectivity index (χ3v) is 3.32. The van der Waals surface area contributed by atoms with Crippen molar-refractivity contribution in [2.24, 2.45) is 5.73 Å². The minimum absolute atomic E-state index is 0.0895. The van der Waals surface area contributed by atoms with Gasteiger partial charge < -0.3 is 15.4 Å². The third-order valence-electron chi connectivity index (χ3n) is 2.62. The van der Waals surface area contributed by atoms with Crippen LogP contribution in [0.1, 0.15) is 10.4 Å². The lowest BCUT2D eigenvalue weighted by molar-refractivity contribution is 0.00876. The van der Waals surface area contributed by atoms with Gasteiger partial charge in [0.25, 0.3) is 5.91 Å². The van der Waals surface area contributed by atoms with E-state index in [1.54, 1.807) is 23.4 Å². The molecule has 0 aromatic carbocycles. The largest absolute Gasteiger partial charge is 0.391 e. The van der Waals surface area contributed by atoms with Crippen molar-refractivity contribution in [3.63, 3.8) is 0 Å². The summed E-state index contributed by atoms with van der Waals surface area (Å²) in [6.45, 7) is 1.36. The van der Waals surface area contributed by atoms with Crippen LogP contribution in [0.2, 0.25) is 0 Å². The van der Waals surface area contributed by atoms with Gasteiger partial charge in [0.2, 0.25) is 0 Å². The molecule has 1 unspecified atom stereocenters. The number of ether oxygens (including phenoxy) is 1. The normalized spacial score (nSPS) is 19.6. The number of amides is 1. The number of nitrogens with zero attached hydrogens (tertiary/aromatic N) is 2. The fourth-order valence-electron chi connectivity index (χ4n) is 1.72. The molecular weight excluding hydrogens is 318 g/mol. The van der Waals surface area contributed by atoms with E-state index < -0.39 is 0 Å². The Bertz CT molecular complexity index is 483. The monoisotopic (exact) mass is 329 g/mol. The Kier molecular flexibility index (Phi) is 4.26. The Balaban J connectivity index is 2.11. The van der Waals surface area contributed by atoms with Gasteiger partial charge >= 0.3 is 0 Å². The zero-order chi connectivity index (χ0) is 13.1. The summed E-state index contributed by atoms with van der Waals surface area (Å²) in [5, 5.41) is 0. The fourth-order valence-corrected chi connectivity index (χ4v) is 2.22. The van der Waals surface area contributed by atoms with Crippen molar-refractivity contribution in [3.8, 4) is 0 Å². The van der Waals surface area contributed by atoms with Gasteiger partial charge in [0, 0.05) is 23.4 Å². The molecule has 1 fully saturated rings. The first kappa shape index (κ1) is 13.4. The van der Waals surface area contributed by atoms with Crippen LogP contribution in [0.15, 0.2) is 22.9 Å². The van der Waals surface area contributed by atoms with Gasteiger partial charge in [-0.25, -0.2) is 0 Å². The number of carbonyl (C=O) groups excluding carboxylic acids is 1. The summed E-state index contributed by atoms with van der Waals surface area (Å²) >= 11 is 8.18. The Hall–Kier alpha value is -1.05. The first-order valence-corrected chi connectivity index (χ1v) is 6.59. The predicted octanol–water partition coefficient (Wildman–Crippen LogP) is 0.971. The maximum Gasteiger partial charge on any atom is 0.255 e. The molecule has 0 saturated carbocycles. The van der Waals surface area contributed by atoms with Crippen LogP contribution in [0.4, 0.5) is 0 Å². The van der Waals surface area contributed by atoms with Gasteiger partial charge in [-0.2, -0.15) is 0 Å². The number of pyridine rings is 1. The van der Waals surface area contributed by atoms with Crippen molar-refractivity contribution >= 4 is 39.0 Å². The lowest BCUT2D eigenvalue weighted by Crippen LogP contribution is -2.49. The van der Waals surface area contributed by atoms with Gasteiger partial charge in [-0.05, 0) is 22.0 Å². The molecule has 2 N–H and O–H groups in total. The molecular formula is C11H12BrN3O2S. The molecule has 96 valence electrons. The van der Waals surface area contributed by atoms with E-state index in [-0.39, 0.29) is 17.0 Å². The predicted molar refractivity (Wildman–Crippen MR) is 74.4 cm³/mol. The molecule has 1 amide bonds. The summed E-state index contributed by atoms with van der Waals surface area (Å²) in [7, 11) is 0. The molecule has 1 aliphatic rings. The fraction of sp³-hybridized carbons (Fsp3) is 0.364. The summed E-state index contributed by atoms with van der Waals surface area (Å²) < 4.78 is 6.17. The summed E-state index contributed by atoms with van der Waals surface area (Å²) in [5.74, 6) is -0.0895. The Morgan fingerprint density at radius 2 is 2.39 bits per heavy atom. The second-order valence-corrected chi connectivity index (χ2v) is 5.29. The number of halogens is 1. The van der Waals surface area contributed by atoms with E-state index in [1.807, 2.05) is 0 Å². The molecule has 1 aromatic rings. The van der Waals surface area contributed by atoms with Crippen molar-refractivity contribution in [3.05, 3.63) is 28.5 Å². The number of rotatable bonds is 2. The maximum atomic E-state index is 12.2. The molecule has 7 heteroatoms. The molecule has 0 bridgehead atoms. The Morgan fingerprint density at radius 1 is 1.61 bits per heavy atom. The topological polar surface area (TPSA) is 68.5 Å². The highest BCUT2D eigenvalue weighted by Gasteiger charge is 2.26. The van der Waals surface area contributed by atoms with Crippen LogP contribution in [0.3, 0.4) is 0 Å². The molecule has 5 nitrogen and oxygen atoms in total. The lowest BCUT2D eigenvalue weighted by atomic mass is 10.2. The highest BCUT2D eigenvalue weighted by atomic mass is 79.9. The highest BCUT2D eigenvalue weighted by Crippen LogP contribution is 2.14. The molecule has 2 rings (SSSR count). The number of morpholine rings is 1. The van der Waals surface area contributed by atoms with Crippen LogP contribution in [-0.2, 0) is 4.74 Å². The quantitative estimate of drug-likeness (QED) is 0.819. The van der Waals surface area contributed by atoms with Crippen LogP contribution in [0.5, 0.6) is 0 Å². The molecule has 0 aliphatic carbocycles. The molecule has 1 aromatic heterocycles. The number of carbonyl (C=O) groups is 1. The molecule has 1 aliphatic heterocycles. The molecule has 2 heterocycles. The third kappa shape index (κ3) is 3.04. The summed E-state index contributed by atoms with van der Waals surface area (Å²) in [4.78, 5) is 18.2. The average Bonchev–Trinajstić information content (AvgIpc) is 2.38. The number of hydrogen-bond acceptors (Lipinski definition) is 4. The van der Waals surface area contributed by atoms with E-state index in [9.17, 15) is 4.79 Å². The van der Waals surface area contributed by atoms with Crippen molar-refractivity contribution in [2.75, 3.05) is 19.7 Å². The van der Waals surface area contributed by atoms with Crippen molar-refractivity contribution in [2.45, 2.75) is 6.10 Å². The molecule has 0 radical (unpaired) electrons. The average molecular weight is 330 g/mol. The number of hydrogen-bond donors (Lipinski definition) is 1.